The summed E-state index contributed by atoms with van der Waals surface area (Å²) in [6.45, 7) is 6.86. The van der Waals surface area contributed by atoms with E-state index in [1.54, 1.807) is 16.4 Å². The molecule has 0 radical (unpaired) electrons. The molecular weight excluding hydrogens is 384 g/mol. The van der Waals surface area contributed by atoms with Crippen LogP contribution in [-0.2, 0) is 10.0 Å². The number of carbonyl (C=O) groups excluding carboxylic acids is 1. The van der Waals surface area contributed by atoms with Crippen LogP contribution in [0.2, 0.25) is 0 Å². The zero-order valence-corrected chi connectivity index (χ0v) is 18.3. The van der Waals surface area contributed by atoms with Gasteiger partial charge in [0, 0.05) is 18.7 Å². The molecule has 0 spiro atoms. The highest BCUT2D eigenvalue weighted by molar-refractivity contribution is 7.89. The van der Waals surface area contributed by atoms with Gasteiger partial charge in [0.25, 0.3) is 5.91 Å². The van der Waals surface area contributed by atoms with Crippen molar-refractivity contribution < 1.29 is 13.2 Å². The van der Waals surface area contributed by atoms with E-state index in [2.05, 4.69) is 5.32 Å². The Morgan fingerprint density at radius 1 is 0.966 bits per heavy atom. The fourth-order valence-electron chi connectivity index (χ4n) is 3.65. The molecule has 2 aromatic rings. The Hall–Kier alpha value is -2.18. The number of benzene rings is 2. The number of hydrogen-bond acceptors (Lipinski definition) is 3. The van der Waals surface area contributed by atoms with Crippen LogP contribution in [0, 0.1) is 13.8 Å². The minimum absolute atomic E-state index is 0.173. The molecule has 0 bridgehead atoms. The average molecular weight is 415 g/mol. The van der Waals surface area contributed by atoms with Gasteiger partial charge >= 0.3 is 0 Å². The van der Waals surface area contributed by atoms with E-state index < -0.39 is 10.0 Å². The molecule has 3 rings (SSSR count). The van der Waals surface area contributed by atoms with Gasteiger partial charge in [0.1, 0.15) is 0 Å². The van der Waals surface area contributed by atoms with Gasteiger partial charge in [-0.3, -0.25) is 4.79 Å². The summed E-state index contributed by atoms with van der Waals surface area (Å²) in [5.41, 5.74) is 3.33. The molecule has 1 aliphatic heterocycles. The summed E-state index contributed by atoms with van der Waals surface area (Å²) in [7, 11) is -3.59. The van der Waals surface area contributed by atoms with Crippen molar-refractivity contribution in [3.05, 3.63) is 64.7 Å². The van der Waals surface area contributed by atoms with Gasteiger partial charge in [0.2, 0.25) is 10.0 Å². The minimum Gasteiger partial charge on any atom is -0.346 e. The molecule has 1 amide bonds. The summed E-state index contributed by atoms with van der Waals surface area (Å²) in [5, 5.41) is 2.99. The minimum atomic E-state index is -3.59. The van der Waals surface area contributed by atoms with Crippen LogP contribution in [0.3, 0.4) is 0 Å². The zero-order chi connectivity index (χ0) is 21.0. The summed E-state index contributed by atoms with van der Waals surface area (Å²) < 4.78 is 27.7. The molecule has 29 heavy (non-hydrogen) atoms. The van der Waals surface area contributed by atoms with Crippen LogP contribution in [0.1, 0.15) is 65.7 Å². The first-order valence-electron chi connectivity index (χ1n) is 10.3. The van der Waals surface area contributed by atoms with Crippen molar-refractivity contribution >= 4 is 15.9 Å². The molecule has 2 aromatic carbocycles. The quantitative estimate of drug-likeness (QED) is 0.790. The number of nitrogens with zero attached hydrogens (tertiary/aromatic N) is 1. The molecule has 1 heterocycles. The lowest BCUT2D eigenvalue weighted by molar-refractivity contribution is 0.0939. The molecule has 6 heteroatoms. The standard InChI is InChI=1S/C23H30N2O3S/c1-17-8-11-20(12-9-17)19(3)24-23(26)22-16-21(13-10-18(22)2)29(27,28)25-14-6-4-5-7-15-25/h8-13,16,19H,4-7,14-15H2,1-3H3,(H,24,26). The second-order valence-corrected chi connectivity index (χ2v) is 9.84. The average Bonchev–Trinajstić information content (AvgIpc) is 2.98. The molecule has 0 aromatic heterocycles. The van der Waals surface area contributed by atoms with Crippen LogP contribution in [-0.4, -0.2) is 31.7 Å². The Balaban J connectivity index is 1.82. The normalized spacial score (nSPS) is 16.8. The van der Waals surface area contributed by atoms with Crippen LogP contribution in [0.25, 0.3) is 0 Å². The third kappa shape index (κ3) is 5.06. The lowest BCUT2D eigenvalue weighted by Crippen LogP contribution is -2.32. The molecule has 0 aliphatic carbocycles. The molecule has 5 nitrogen and oxygen atoms in total. The van der Waals surface area contributed by atoms with E-state index in [0.717, 1.165) is 42.4 Å². The van der Waals surface area contributed by atoms with Gasteiger partial charge in [-0.15, -0.1) is 0 Å². The van der Waals surface area contributed by atoms with Crippen molar-refractivity contribution in [2.75, 3.05) is 13.1 Å². The molecule has 1 aliphatic rings. The first kappa shape index (κ1) is 21.5. The van der Waals surface area contributed by atoms with Gasteiger partial charge < -0.3 is 5.32 Å². The Morgan fingerprint density at radius 2 is 1.59 bits per heavy atom. The predicted octanol–water partition coefficient (Wildman–Crippen LogP) is 4.36. The molecule has 1 unspecified atom stereocenters. The molecule has 0 saturated carbocycles. The Kier molecular flexibility index (Phi) is 6.75. The number of hydrogen-bond donors (Lipinski definition) is 1. The first-order valence-corrected chi connectivity index (χ1v) is 11.7. The van der Waals surface area contributed by atoms with Gasteiger partial charge in [-0.1, -0.05) is 48.7 Å². The molecule has 1 fully saturated rings. The highest BCUT2D eigenvalue weighted by Gasteiger charge is 2.26. The van der Waals surface area contributed by atoms with E-state index in [4.69, 9.17) is 0 Å². The Labute approximate surface area is 174 Å². The summed E-state index contributed by atoms with van der Waals surface area (Å²) >= 11 is 0. The molecular formula is C23H30N2O3S. The predicted molar refractivity (Wildman–Crippen MR) is 115 cm³/mol. The number of rotatable bonds is 5. The van der Waals surface area contributed by atoms with Crippen molar-refractivity contribution in [3.8, 4) is 0 Å². The fourth-order valence-corrected chi connectivity index (χ4v) is 5.19. The van der Waals surface area contributed by atoms with Gasteiger partial charge in [0.15, 0.2) is 0 Å². The second kappa shape index (κ2) is 9.09. The van der Waals surface area contributed by atoms with E-state index in [9.17, 15) is 13.2 Å². The monoisotopic (exact) mass is 414 g/mol. The van der Waals surface area contributed by atoms with Crippen LogP contribution in [0.15, 0.2) is 47.4 Å². The molecule has 156 valence electrons. The number of aryl methyl sites for hydroxylation is 2. The smallest absolute Gasteiger partial charge is 0.252 e. The van der Waals surface area contributed by atoms with E-state index >= 15 is 0 Å². The fraction of sp³-hybridized carbons (Fsp3) is 0.435. The summed E-state index contributed by atoms with van der Waals surface area (Å²) in [6.07, 6.45) is 3.88. The lowest BCUT2D eigenvalue weighted by Gasteiger charge is -2.21. The third-order valence-electron chi connectivity index (χ3n) is 5.58. The van der Waals surface area contributed by atoms with E-state index in [-0.39, 0.29) is 16.8 Å². The van der Waals surface area contributed by atoms with Crippen LogP contribution in [0.5, 0.6) is 0 Å². The van der Waals surface area contributed by atoms with Crippen molar-refractivity contribution in [2.24, 2.45) is 0 Å². The number of sulfonamides is 1. The van der Waals surface area contributed by atoms with E-state index in [0.29, 0.717) is 18.7 Å². The van der Waals surface area contributed by atoms with Crippen molar-refractivity contribution in [3.63, 3.8) is 0 Å². The molecule has 1 atom stereocenters. The highest BCUT2D eigenvalue weighted by atomic mass is 32.2. The number of nitrogens with one attached hydrogen (secondary N) is 1. The highest BCUT2D eigenvalue weighted by Crippen LogP contribution is 2.23. The maximum atomic E-state index is 13.1. The van der Waals surface area contributed by atoms with E-state index in [1.165, 1.54) is 6.07 Å². The maximum absolute atomic E-state index is 13.1. The number of carbonyl (C=O) groups is 1. The second-order valence-electron chi connectivity index (χ2n) is 7.90. The lowest BCUT2D eigenvalue weighted by atomic mass is 10.0. The van der Waals surface area contributed by atoms with Crippen molar-refractivity contribution in [1.29, 1.82) is 0 Å². The van der Waals surface area contributed by atoms with Gasteiger partial charge in [-0.25, -0.2) is 8.42 Å². The molecule has 1 N–H and O–H groups in total. The van der Waals surface area contributed by atoms with Crippen molar-refractivity contribution in [2.45, 2.75) is 57.4 Å². The van der Waals surface area contributed by atoms with Gasteiger partial charge in [0.05, 0.1) is 10.9 Å². The maximum Gasteiger partial charge on any atom is 0.252 e. The summed E-state index contributed by atoms with van der Waals surface area (Å²) in [4.78, 5) is 13.1. The van der Waals surface area contributed by atoms with Crippen LogP contribution < -0.4 is 5.32 Å². The SMILES string of the molecule is Cc1ccc(C(C)NC(=O)c2cc(S(=O)(=O)N3CCCCCC3)ccc2C)cc1. The number of amides is 1. The largest absolute Gasteiger partial charge is 0.346 e. The Morgan fingerprint density at radius 3 is 2.21 bits per heavy atom. The first-order chi connectivity index (χ1) is 13.8. The third-order valence-corrected chi connectivity index (χ3v) is 7.48. The van der Waals surface area contributed by atoms with Crippen molar-refractivity contribution in [1.82, 2.24) is 9.62 Å². The molecule has 1 saturated heterocycles. The topological polar surface area (TPSA) is 66.5 Å². The summed E-state index contributed by atoms with van der Waals surface area (Å²) in [5.74, 6) is -0.261. The van der Waals surface area contributed by atoms with Crippen LogP contribution in [0.4, 0.5) is 0 Å². The van der Waals surface area contributed by atoms with E-state index in [1.807, 2.05) is 45.0 Å². The summed E-state index contributed by atoms with van der Waals surface area (Å²) in [6, 6.07) is 12.7. The van der Waals surface area contributed by atoms with Gasteiger partial charge in [-0.2, -0.15) is 4.31 Å². The van der Waals surface area contributed by atoms with Crippen LogP contribution >= 0.6 is 0 Å². The zero-order valence-electron chi connectivity index (χ0n) is 17.4. The Bertz CT molecular complexity index is 960. The van der Waals surface area contributed by atoms with Gasteiger partial charge in [-0.05, 0) is 56.9 Å².